The van der Waals surface area contributed by atoms with Gasteiger partial charge < -0.3 is 0 Å². The van der Waals surface area contributed by atoms with Gasteiger partial charge in [0.1, 0.15) is 0 Å². The molecule has 5 rings (SSSR count). The topological polar surface area (TPSA) is 34.1 Å². The zero-order valence-electron chi connectivity index (χ0n) is 10.7. The molecule has 106 valence electrons. The van der Waals surface area contributed by atoms with Gasteiger partial charge in [0.15, 0.2) is 10.9 Å². The quantitative estimate of drug-likeness (QED) is 0.309. The third kappa shape index (κ3) is 1.53. The van der Waals surface area contributed by atoms with Crippen molar-refractivity contribution in [2.45, 2.75) is 0 Å². The summed E-state index contributed by atoms with van der Waals surface area (Å²) in [6.45, 7) is 0. The summed E-state index contributed by atoms with van der Waals surface area (Å²) in [7, 11) is 0. The highest BCUT2D eigenvalue weighted by Gasteiger charge is 2.18. The zero-order valence-corrected chi connectivity index (χ0v) is 15.5. The summed E-state index contributed by atoms with van der Waals surface area (Å²) in [6, 6.07) is 7.51. The predicted molar refractivity (Wildman–Crippen MR) is 103 cm³/mol. The van der Waals surface area contributed by atoms with Gasteiger partial charge in [-0.15, -0.1) is 22.7 Å². The van der Waals surface area contributed by atoms with Gasteiger partial charge in [0.25, 0.3) is 0 Å². The molecular weight excluding hydrogens is 448 g/mol. The highest BCUT2D eigenvalue weighted by atomic mass is 79.9. The third-order valence-corrected chi connectivity index (χ3v) is 7.37. The van der Waals surface area contributed by atoms with E-state index in [-0.39, 0.29) is 10.9 Å². The number of benzene rings is 1. The van der Waals surface area contributed by atoms with E-state index >= 15 is 0 Å². The number of hydrogen-bond acceptors (Lipinski definition) is 4. The Morgan fingerprint density at radius 2 is 1.00 bits per heavy atom. The van der Waals surface area contributed by atoms with E-state index in [1.165, 1.54) is 22.7 Å². The van der Waals surface area contributed by atoms with Crippen LogP contribution in [0, 0.1) is 0 Å². The largest absolute Gasteiger partial charge is 0.289 e. The molecule has 0 fully saturated rings. The Labute approximate surface area is 147 Å². The van der Waals surface area contributed by atoms with Gasteiger partial charge in [-0.25, -0.2) is 0 Å². The molecule has 2 aromatic heterocycles. The highest BCUT2D eigenvalue weighted by Crippen LogP contribution is 2.39. The summed E-state index contributed by atoms with van der Waals surface area (Å²) in [5, 5.41) is 4.65. The summed E-state index contributed by atoms with van der Waals surface area (Å²) < 4.78 is 3.79. The van der Waals surface area contributed by atoms with E-state index in [0.29, 0.717) is 10.8 Å². The predicted octanol–water partition coefficient (Wildman–Crippen LogP) is 5.54. The molecule has 0 unspecified atom stereocenters. The minimum Gasteiger partial charge on any atom is -0.289 e. The molecule has 0 spiro atoms. The molecule has 0 N–H and O–H groups in total. The van der Waals surface area contributed by atoms with Gasteiger partial charge in [-0.3, -0.25) is 9.59 Å². The Kier molecular flexibility index (Phi) is 2.59. The molecule has 0 saturated heterocycles. The van der Waals surface area contributed by atoms with Crippen LogP contribution in [-0.2, 0) is 0 Å². The average molecular weight is 452 g/mol. The molecule has 3 aromatic carbocycles. The minimum atomic E-state index is 0.0475. The molecule has 22 heavy (non-hydrogen) atoms. The van der Waals surface area contributed by atoms with Crippen LogP contribution in [0.15, 0.2) is 41.4 Å². The molecular formula is C16H4Br2O2S2. The van der Waals surface area contributed by atoms with Crippen LogP contribution in [0.5, 0.6) is 0 Å². The van der Waals surface area contributed by atoms with Gasteiger partial charge in [-0.2, -0.15) is 0 Å². The molecule has 0 aliphatic heterocycles. The lowest BCUT2D eigenvalue weighted by atomic mass is 10.1. The second kappa shape index (κ2) is 4.26. The van der Waals surface area contributed by atoms with Crippen molar-refractivity contribution < 1.29 is 0 Å². The molecule has 0 aliphatic rings. The zero-order chi connectivity index (χ0) is 15.2. The van der Waals surface area contributed by atoms with E-state index in [4.69, 9.17) is 0 Å². The lowest BCUT2D eigenvalue weighted by Crippen LogP contribution is -1.95. The Morgan fingerprint density at radius 3 is 1.41 bits per heavy atom. The third-order valence-electron chi connectivity index (χ3n) is 4.03. The fourth-order valence-corrected chi connectivity index (χ4v) is 6.35. The first-order valence-corrected chi connectivity index (χ1v) is 9.63. The van der Waals surface area contributed by atoms with E-state index in [2.05, 4.69) is 31.9 Å². The van der Waals surface area contributed by atoms with Crippen molar-refractivity contribution in [3.05, 3.63) is 52.3 Å². The summed E-state index contributed by atoms with van der Waals surface area (Å²) in [6.07, 6.45) is 0. The number of halogens is 2. The lowest BCUT2D eigenvalue weighted by Gasteiger charge is -1.92. The van der Waals surface area contributed by atoms with E-state index in [1.54, 1.807) is 0 Å². The van der Waals surface area contributed by atoms with E-state index in [0.717, 1.165) is 38.5 Å². The molecule has 0 atom stereocenters. The second-order valence-electron chi connectivity index (χ2n) is 5.19. The van der Waals surface area contributed by atoms with E-state index in [1.807, 2.05) is 24.3 Å². The standard InChI is InChI=1S/C16H4Br2O2S2/c17-11-4-10-14(20)6-2-8-5(1-7(6)15(10)21-11)13(19)9-3-12(18)22-16(8)9/h1-4H. The Balaban J connectivity index is 2.11. The van der Waals surface area contributed by atoms with Crippen molar-refractivity contribution in [2.75, 3.05) is 0 Å². The highest BCUT2D eigenvalue weighted by molar-refractivity contribution is 9.11. The molecule has 2 nitrogen and oxygen atoms in total. The number of rotatable bonds is 0. The van der Waals surface area contributed by atoms with E-state index in [9.17, 15) is 9.59 Å². The van der Waals surface area contributed by atoms with Crippen molar-refractivity contribution in [1.29, 1.82) is 0 Å². The van der Waals surface area contributed by atoms with Gasteiger partial charge >= 0.3 is 0 Å². The van der Waals surface area contributed by atoms with Crippen LogP contribution in [0.1, 0.15) is 0 Å². The fraction of sp³-hybridized carbons (Fsp3) is 0. The fourth-order valence-electron chi connectivity index (χ4n) is 3.10. The lowest BCUT2D eigenvalue weighted by molar-refractivity contribution is 1.85. The molecule has 2 heterocycles. The van der Waals surface area contributed by atoms with Crippen molar-refractivity contribution in [1.82, 2.24) is 0 Å². The first-order chi connectivity index (χ1) is 10.5. The van der Waals surface area contributed by atoms with Crippen LogP contribution in [0.4, 0.5) is 0 Å². The number of fused-ring (bicyclic) bond motifs is 6. The first kappa shape index (κ1) is 13.4. The summed E-state index contributed by atoms with van der Waals surface area (Å²) >= 11 is 9.94. The molecule has 0 aliphatic carbocycles. The van der Waals surface area contributed by atoms with Gasteiger partial charge in [0, 0.05) is 41.7 Å². The number of thiophene rings is 2. The molecule has 0 amide bonds. The van der Waals surface area contributed by atoms with Crippen LogP contribution in [-0.4, -0.2) is 0 Å². The van der Waals surface area contributed by atoms with Crippen molar-refractivity contribution in [2.24, 2.45) is 0 Å². The second-order valence-corrected chi connectivity index (χ2v) is 10.1. The smallest absolute Gasteiger partial charge is 0.195 e. The maximum atomic E-state index is 12.6. The van der Waals surface area contributed by atoms with Crippen LogP contribution >= 0.6 is 54.5 Å². The Bertz CT molecular complexity index is 1230. The first-order valence-electron chi connectivity index (χ1n) is 6.41. The Morgan fingerprint density at radius 1 is 0.591 bits per heavy atom. The van der Waals surface area contributed by atoms with Gasteiger partial charge in [0.05, 0.1) is 7.57 Å². The number of hydrogen-bond donors (Lipinski definition) is 0. The normalized spacial score (nSPS) is 12.5. The van der Waals surface area contributed by atoms with E-state index < -0.39 is 0 Å². The van der Waals surface area contributed by atoms with Crippen LogP contribution in [0.3, 0.4) is 0 Å². The van der Waals surface area contributed by atoms with Crippen molar-refractivity contribution in [3.8, 4) is 0 Å². The summed E-state index contributed by atoms with van der Waals surface area (Å²) in [4.78, 5) is 25.2. The van der Waals surface area contributed by atoms with Crippen LogP contribution in [0.25, 0.3) is 41.7 Å². The van der Waals surface area contributed by atoms with Gasteiger partial charge in [-0.05, 0) is 56.1 Å². The maximum Gasteiger partial charge on any atom is 0.195 e. The van der Waals surface area contributed by atoms with Gasteiger partial charge in [-0.1, -0.05) is 0 Å². The maximum absolute atomic E-state index is 12.6. The molecule has 6 heteroatoms. The van der Waals surface area contributed by atoms with Gasteiger partial charge in [0.2, 0.25) is 0 Å². The van der Waals surface area contributed by atoms with Crippen LogP contribution in [0.2, 0.25) is 0 Å². The average Bonchev–Trinajstić information content (AvgIpc) is 3.17. The van der Waals surface area contributed by atoms with Crippen LogP contribution < -0.4 is 10.9 Å². The molecule has 0 radical (unpaired) electrons. The monoisotopic (exact) mass is 450 g/mol. The summed E-state index contributed by atoms with van der Waals surface area (Å²) in [5.74, 6) is 0. The van der Waals surface area contributed by atoms with Crippen molar-refractivity contribution >= 4 is 96.3 Å². The summed E-state index contributed by atoms with van der Waals surface area (Å²) in [5.41, 5.74) is 0.0949. The Hall–Kier alpha value is -1.08. The molecule has 0 saturated carbocycles. The van der Waals surface area contributed by atoms with Crippen molar-refractivity contribution in [3.63, 3.8) is 0 Å². The SMILES string of the molecule is O=c1c2cc3c(cc2c2sc(Br)cc12)c(=O)c1cc(Br)sc13. The molecule has 5 aromatic rings. The molecule has 0 bridgehead atoms. The minimum absolute atomic E-state index is 0.0475.